The highest BCUT2D eigenvalue weighted by Gasteiger charge is 2.25. The predicted molar refractivity (Wildman–Crippen MR) is 115 cm³/mol. The van der Waals surface area contributed by atoms with Gasteiger partial charge < -0.3 is 9.64 Å². The summed E-state index contributed by atoms with van der Waals surface area (Å²) in [5.74, 6) is 0.693. The zero-order valence-corrected chi connectivity index (χ0v) is 15.9. The lowest BCUT2D eigenvalue weighted by atomic mass is 10.0. The lowest BCUT2D eigenvalue weighted by Gasteiger charge is -2.18. The minimum atomic E-state index is -0.0198. The zero-order valence-electron chi connectivity index (χ0n) is 15.9. The molecule has 0 fully saturated rings. The summed E-state index contributed by atoms with van der Waals surface area (Å²) in [5.41, 5.74) is 4.45. The standard InChI is InChI=1S/C25H20N2O2/c28-25(17-29-23-7-5-18-3-1-2-4-20(18)16-23)27-14-11-22-15-21(6-8-24(22)27)19-9-12-26-13-10-19/h1-10,12-13,15-16H,11,14,17H2. The van der Waals surface area contributed by atoms with Crippen LogP contribution in [-0.2, 0) is 11.2 Å². The number of fused-ring (bicyclic) bond motifs is 2. The number of hydrogen-bond donors (Lipinski definition) is 0. The van der Waals surface area contributed by atoms with Crippen LogP contribution in [0.4, 0.5) is 5.69 Å². The van der Waals surface area contributed by atoms with Crippen LogP contribution in [0.5, 0.6) is 5.75 Å². The number of anilines is 1. The number of ether oxygens (including phenoxy) is 1. The number of rotatable bonds is 4. The molecular formula is C25H20N2O2. The number of carbonyl (C=O) groups excluding carboxylic acids is 1. The van der Waals surface area contributed by atoms with Crippen molar-refractivity contribution in [2.24, 2.45) is 0 Å². The Balaban J connectivity index is 1.30. The fourth-order valence-corrected chi connectivity index (χ4v) is 3.86. The molecule has 4 heteroatoms. The normalized spacial score (nSPS) is 12.8. The van der Waals surface area contributed by atoms with E-state index < -0.39 is 0 Å². The summed E-state index contributed by atoms with van der Waals surface area (Å²) in [6.45, 7) is 0.721. The molecule has 0 unspecified atom stereocenters. The van der Waals surface area contributed by atoms with Gasteiger partial charge in [-0.25, -0.2) is 0 Å². The number of pyridine rings is 1. The quantitative estimate of drug-likeness (QED) is 0.507. The van der Waals surface area contributed by atoms with E-state index in [1.165, 1.54) is 5.56 Å². The fourth-order valence-electron chi connectivity index (χ4n) is 3.86. The summed E-state index contributed by atoms with van der Waals surface area (Å²) in [6.07, 6.45) is 4.45. The van der Waals surface area contributed by atoms with Crippen molar-refractivity contribution >= 4 is 22.4 Å². The van der Waals surface area contributed by atoms with Crippen molar-refractivity contribution < 1.29 is 9.53 Å². The summed E-state index contributed by atoms with van der Waals surface area (Å²) in [7, 11) is 0. The van der Waals surface area contributed by atoms with Gasteiger partial charge in [0.2, 0.25) is 0 Å². The van der Waals surface area contributed by atoms with Crippen LogP contribution in [0.2, 0.25) is 0 Å². The highest BCUT2D eigenvalue weighted by molar-refractivity contribution is 5.97. The number of amides is 1. The third-order valence-corrected chi connectivity index (χ3v) is 5.37. The maximum Gasteiger partial charge on any atom is 0.264 e. The van der Waals surface area contributed by atoms with Gasteiger partial charge in [-0.05, 0) is 70.3 Å². The SMILES string of the molecule is O=C(COc1ccc2ccccc2c1)N1CCc2cc(-c3ccncc3)ccc21. The lowest BCUT2D eigenvalue weighted by Crippen LogP contribution is -2.33. The summed E-state index contributed by atoms with van der Waals surface area (Å²) < 4.78 is 5.80. The molecule has 142 valence electrons. The van der Waals surface area contributed by atoms with Gasteiger partial charge in [-0.3, -0.25) is 9.78 Å². The van der Waals surface area contributed by atoms with E-state index in [2.05, 4.69) is 23.2 Å². The predicted octanol–water partition coefficient (Wildman–Crippen LogP) is 4.87. The Bertz CT molecular complexity index is 1190. The number of benzene rings is 3. The zero-order chi connectivity index (χ0) is 19.6. The van der Waals surface area contributed by atoms with Gasteiger partial charge in [-0.1, -0.05) is 36.4 Å². The highest BCUT2D eigenvalue weighted by atomic mass is 16.5. The van der Waals surface area contributed by atoms with E-state index >= 15 is 0 Å². The van der Waals surface area contributed by atoms with Crippen LogP contribution in [0.25, 0.3) is 21.9 Å². The molecule has 0 saturated carbocycles. The van der Waals surface area contributed by atoms with E-state index in [9.17, 15) is 4.79 Å². The van der Waals surface area contributed by atoms with Crippen LogP contribution in [0, 0.1) is 0 Å². The van der Waals surface area contributed by atoms with Gasteiger partial charge in [0.25, 0.3) is 5.91 Å². The molecule has 2 heterocycles. The van der Waals surface area contributed by atoms with Crippen LogP contribution in [0.15, 0.2) is 85.2 Å². The summed E-state index contributed by atoms with van der Waals surface area (Å²) in [4.78, 5) is 18.7. The molecule has 1 aliphatic heterocycles. The minimum absolute atomic E-state index is 0.0198. The Morgan fingerprint density at radius 3 is 2.59 bits per heavy atom. The molecule has 1 aliphatic rings. The second-order valence-corrected chi connectivity index (χ2v) is 7.17. The first-order chi connectivity index (χ1) is 14.3. The molecule has 3 aromatic carbocycles. The molecule has 1 amide bonds. The van der Waals surface area contributed by atoms with E-state index in [1.54, 1.807) is 12.4 Å². The van der Waals surface area contributed by atoms with Gasteiger partial charge in [-0.15, -0.1) is 0 Å². The van der Waals surface area contributed by atoms with E-state index in [4.69, 9.17) is 4.74 Å². The monoisotopic (exact) mass is 380 g/mol. The molecule has 0 radical (unpaired) electrons. The second-order valence-electron chi connectivity index (χ2n) is 7.17. The first-order valence-corrected chi connectivity index (χ1v) is 9.73. The van der Waals surface area contributed by atoms with Gasteiger partial charge in [0, 0.05) is 24.6 Å². The van der Waals surface area contributed by atoms with E-state index in [1.807, 2.05) is 59.5 Å². The Morgan fingerprint density at radius 1 is 0.897 bits per heavy atom. The number of hydrogen-bond acceptors (Lipinski definition) is 3. The van der Waals surface area contributed by atoms with Crippen LogP contribution in [-0.4, -0.2) is 24.0 Å². The topological polar surface area (TPSA) is 42.4 Å². The van der Waals surface area contributed by atoms with Crippen molar-refractivity contribution in [3.63, 3.8) is 0 Å². The van der Waals surface area contributed by atoms with Crippen molar-refractivity contribution in [3.05, 3.63) is 90.8 Å². The number of carbonyl (C=O) groups is 1. The average molecular weight is 380 g/mol. The lowest BCUT2D eigenvalue weighted by molar-refractivity contribution is -0.120. The van der Waals surface area contributed by atoms with E-state index in [0.29, 0.717) is 12.3 Å². The van der Waals surface area contributed by atoms with E-state index in [0.717, 1.165) is 34.0 Å². The fraction of sp³-hybridized carbons (Fsp3) is 0.120. The maximum absolute atomic E-state index is 12.8. The van der Waals surface area contributed by atoms with Crippen molar-refractivity contribution in [1.82, 2.24) is 4.98 Å². The third-order valence-electron chi connectivity index (χ3n) is 5.37. The molecule has 1 aromatic heterocycles. The van der Waals surface area contributed by atoms with Gasteiger partial charge in [-0.2, -0.15) is 0 Å². The Kier molecular flexibility index (Phi) is 4.45. The minimum Gasteiger partial charge on any atom is -0.484 e. The van der Waals surface area contributed by atoms with Crippen LogP contribution >= 0.6 is 0 Å². The Morgan fingerprint density at radius 2 is 1.72 bits per heavy atom. The van der Waals surface area contributed by atoms with Gasteiger partial charge >= 0.3 is 0 Å². The molecule has 29 heavy (non-hydrogen) atoms. The molecular weight excluding hydrogens is 360 g/mol. The summed E-state index contributed by atoms with van der Waals surface area (Å²) in [6, 6.07) is 24.3. The maximum atomic E-state index is 12.8. The summed E-state index contributed by atoms with van der Waals surface area (Å²) >= 11 is 0. The van der Waals surface area contributed by atoms with Gasteiger partial charge in [0.1, 0.15) is 5.75 Å². The molecule has 4 aromatic rings. The van der Waals surface area contributed by atoms with Crippen LogP contribution < -0.4 is 9.64 Å². The molecule has 0 aliphatic carbocycles. The van der Waals surface area contributed by atoms with Gasteiger partial charge in [0.15, 0.2) is 6.61 Å². The average Bonchev–Trinajstić information content (AvgIpc) is 3.21. The molecule has 5 rings (SSSR count). The van der Waals surface area contributed by atoms with Crippen molar-refractivity contribution in [2.75, 3.05) is 18.1 Å². The second kappa shape index (κ2) is 7.40. The molecule has 0 bridgehead atoms. The first-order valence-electron chi connectivity index (χ1n) is 9.73. The van der Waals surface area contributed by atoms with Crippen molar-refractivity contribution in [3.8, 4) is 16.9 Å². The van der Waals surface area contributed by atoms with Crippen molar-refractivity contribution in [1.29, 1.82) is 0 Å². The highest BCUT2D eigenvalue weighted by Crippen LogP contribution is 2.32. The molecule has 0 spiro atoms. The van der Waals surface area contributed by atoms with Gasteiger partial charge in [0.05, 0.1) is 0 Å². The number of nitrogens with zero attached hydrogens (tertiary/aromatic N) is 2. The Hall–Kier alpha value is -3.66. The third kappa shape index (κ3) is 3.45. The molecule has 4 nitrogen and oxygen atoms in total. The summed E-state index contributed by atoms with van der Waals surface area (Å²) in [5, 5.41) is 2.26. The molecule has 0 atom stereocenters. The van der Waals surface area contributed by atoms with E-state index in [-0.39, 0.29) is 12.5 Å². The van der Waals surface area contributed by atoms with Crippen LogP contribution in [0.1, 0.15) is 5.56 Å². The van der Waals surface area contributed by atoms with Crippen LogP contribution in [0.3, 0.4) is 0 Å². The molecule has 0 saturated heterocycles. The first kappa shape index (κ1) is 17.4. The largest absolute Gasteiger partial charge is 0.484 e. The molecule has 0 N–H and O–H groups in total. The number of aromatic nitrogens is 1. The smallest absolute Gasteiger partial charge is 0.264 e. The Labute approximate surface area is 169 Å². The van der Waals surface area contributed by atoms with Crippen molar-refractivity contribution in [2.45, 2.75) is 6.42 Å².